The minimum atomic E-state index is -4.06. The molecule has 0 aliphatic rings. The van der Waals surface area contributed by atoms with Crippen LogP contribution in [0.2, 0.25) is 0 Å². The number of benzene rings is 3. The number of sulfonamides is 1. The molecular weight excluding hydrogens is 522 g/mol. The lowest BCUT2D eigenvalue weighted by Gasteiger charge is -2.18. The number of rotatable bonds is 10. The van der Waals surface area contributed by atoms with Crippen molar-refractivity contribution in [2.24, 2.45) is 11.5 Å². The Labute approximate surface area is 223 Å². The van der Waals surface area contributed by atoms with Crippen LogP contribution in [0, 0.1) is 10.8 Å². The van der Waals surface area contributed by atoms with Crippen molar-refractivity contribution in [2.45, 2.75) is 17.4 Å². The molecule has 0 aliphatic heterocycles. The van der Waals surface area contributed by atoms with Crippen LogP contribution in [0.1, 0.15) is 22.2 Å². The number of nitrogens with zero attached hydrogens (tertiary/aromatic N) is 1. The molecule has 4 aromatic rings. The van der Waals surface area contributed by atoms with Crippen molar-refractivity contribution in [2.75, 3.05) is 5.32 Å². The van der Waals surface area contributed by atoms with Crippen LogP contribution < -0.4 is 21.5 Å². The van der Waals surface area contributed by atoms with E-state index in [-0.39, 0.29) is 28.5 Å². The Morgan fingerprint density at radius 1 is 1.05 bits per heavy atom. The van der Waals surface area contributed by atoms with Crippen molar-refractivity contribution < 1.29 is 13.2 Å². The summed E-state index contributed by atoms with van der Waals surface area (Å²) in [5, 5.41) is 17.9. The number of hydrogen-bond donors (Lipinski definition) is 6. The summed E-state index contributed by atoms with van der Waals surface area (Å²) in [6, 6.07) is 19.7. The van der Waals surface area contributed by atoms with Crippen molar-refractivity contribution in [3.05, 3.63) is 101 Å². The average Bonchev–Trinajstić information content (AvgIpc) is 3.33. The van der Waals surface area contributed by atoms with Gasteiger partial charge in [0.05, 0.1) is 26.9 Å². The summed E-state index contributed by atoms with van der Waals surface area (Å²) in [6.07, 6.45) is 2.27. The van der Waals surface area contributed by atoms with Gasteiger partial charge in [-0.25, -0.2) is 18.1 Å². The van der Waals surface area contributed by atoms with Gasteiger partial charge in [0, 0.05) is 17.5 Å². The van der Waals surface area contributed by atoms with Gasteiger partial charge in [-0.2, -0.15) is 0 Å². The fraction of sp³-hybridized carbons (Fsp3) is 0.0769. The molecule has 8 N–H and O–H groups in total. The number of para-hydroxylation sites is 1. The van der Waals surface area contributed by atoms with E-state index in [1.165, 1.54) is 35.6 Å². The molecule has 1 atom stereocenters. The largest absolute Gasteiger partial charge is 0.394 e. The number of nitrogen functional groups attached to an aromatic ring is 1. The van der Waals surface area contributed by atoms with Gasteiger partial charge in [0.15, 0.2) is 0 Å². The highest BCUT2D eigenvalue weighted by Crippen LogP contribution is 2.30. The van der Waals surface area contributed by atoms with Crippen LogP contribution in [-0.4, -0.2) is 31.4 Å². The fourth-order valence-electron chi connectivity index (χ4n) is 3.69. The maximum absolute atomic E-state index is 13.5. The third-order valence-corrected chi connectivity index (χ3v) is 8.13. The number of aromatic nitrogens is 1. The molecule has 0 radical (unpaired) electrons. The number of carbonyl (C=O) groups excluding carboxylic acids is 1. The maximum atomic E-state index is 13.5. The topological polar surface area (TPSA) is 188 Å². The molecule has 38 heavy (non-hydrogen) atoms. The highest BCUT2D eigenvalue weighted by atomic mass is 32.2. The molecule has 0 saturated heterocycles. The Kier molecular flexibility index (Phi) is 7.96. The number of amides is 1. The Balaban J connectivity index is 1.67. The lowest BCUT2D eigenvalue weighted by Crippen LogP contribution is -2.30. The van der Waals surface area contributed by atoms with E-state index in [0.717, 1.165) is 28.1 Å². The monoisotopic (exact) mass is 547 g/mol. The third-order valence-electron chi connectivity index (χ3n) is 5.51. The number of amidine groups is 1. The second-order valence-corrected chi connectivity index (χ2v) is 11.1. The van der Waals surface area contributed by atoms with Crippen LogP contribution in [0.15, 0.2) is 89.5 Å². The molecule has 0 saturated carbocycles. The van der Waals surface area contributed by atoms with E-state index in [0.29, 0.717) is 10.6 Å². The summed E-state index contributed by atoms with van der Waals surface area (Å²) in [5.74, 6) is -0.743. The molecule has 194 valence electrons. The van der Waals surface area contributed by atoms with E-state index < -0.39 is 22.0 Å². The highest BCUT2D eigenvalue weighted by Gasteiger charge is 2.25. The van der Waals surface area contributed by atoms with Gasteiger partial charge in [-0.3, -0.25) is 10.2 Å². The first kappa shape index (κ1) is 26.7. The summed E-state index contributed by atoms with van der Waals surface area (Å²) in [7, 11) is -4.06. The number of anilines is 1. The van der Waals surface area contributed by atoms with Crippen molar-refractivity contribution in [1.29, 1.82) is 10.8 Å². The first-order valence-electron chi connectivity index (χ1n) is 11.3. The molecule has 0 bridgehead atoms. The van der Waals surface area contributed by atoms with Crippen LogP contribution in [0.4, 0.5) is 5.69 Å². The zero-order valence-electron chi connectivity index (χ0n) is 20.0. The molecule has 12 heteroatoms. The SMILES string of the molecule is N=C/C=C(\N)C(=O)Nc1cccc(S(=O)(=O)NC(Cc2cccc(C(=N)N)c2)c2nc3ccccc3s2)c1. The van der Waals surface area contributed by atoms with Gasteiger partial charge in [0.2, 0.25) is 10.0 Å². The fourth-order valence-corrected chi connectivity index (χ4v) is 6.02. The zero-order valence-corrected chi connectivity index (χ0v) is 21.6. The van der Waals surface area contributed by atoms with Crippen molar-refractivity contribution in [3.8, 4) is 0 Å². The minimum absolute atomic E-state index is 0.0616. The highest BCUT2D eigenvalue weighted by molar-refractivity contribution is 7.89. The standard InChI is InChI=1S/C26H25N7O3S2/c27-12-11-20(28)25(34)31-18-7-4-8-19(15-18)38(35,36)33-22(14-16-5-3-6-17(13-16)24(29)30)26-32-21-9-1-2-10-23(21)37-26/h1-13,15,22,27,33H,14,28H2,(H3,29,30)(H,31,34)/b20-11-,27-12?. The van der Waals surface area contributed by atoms with Gasteiger partial charge >= 0.3 is 0 Å². The van der Waals surface area contributed by atoms with Gasteiger partial charge in [-0.05, 0) is 54.5 Å². The second kappa shape index (κ2) is 11.3. The summed E-state index contributed by atoms with van der Waals surface area (Å²) in [5.41, 5.74) is 13.4. The van der Waals surface area contributed by atoms with Crippen LogP contribution in [0.25, 0.3) is 10.2 Å². The van der Waals surface area contributed by atoms with Crippen molar-refractivity contribution in [1.82, 2.24) is 9.71 Å². The average molecular weight is 548 g/mol. The Morgan fingerprint density at radius 3 is 2.55 bits per heavy atom. The van der Waals surface area contributed by atoms with E-state index in [1.54, 1.807) is 18.2 Å². The lowest BCUT2D eigenvalue weighted by atomic mass is 10.0. The summed E-state index contributed by atoms with van der Waals surface area (Å²) < 4.78 is 30.7. The van der Waals surface area contributed by atoms with Gasteiger partial charge in [-0.15, -0.1) is 11.3 Å². The minimum Gasteiger partial charge on any atom is -0.394 e. The van der Waals surface area contributed by atoms with Gasteiger partial charge < -0.3 is 22.2 Å². The number of nitrogens with two attached hydrogens (primary N) is 2. The number of thiazole rings is 1. The predicted octanol–water partition coefficient (Wildman–Crippen LogP) is 3.27. The first-order chi connectivity index (χ1) is 18.2. The third kappa shape index (κ3) is 6.29. The van der Waals surface area contributed by atoms with Crippen molar-refractivity contribution >= 4 is 55.2 Å². The predicted molar refractivity (Wildman–Crippen MR) is 150 cm³/mol. The van der Waals surface area contributed by atoms with Gasteiger partial charge in [0.1, 0.15) is 10.8 Å². The molecule has 1 heterocycles. The van der Waals surface area contributed by atoms with Gasteiger partial charge in [0.25, 0.3) is 5.91 Å². The smallest absolute Gasteiger partial charge is 0.271 e. The number of carbonyl (C=O) groups is 1. The van der Waals surface area contributed by atoms with E-state index >= 15 is 0 Å². The summed E-state index contributed by atoms with van der Waals surface area (Å²) >= 11 is 1.39. The van der Waals surface area contributed by atoms with E-state index in [9.17, 15) is 13.2 Å². The quantitative estimate of drug-likeness (QED) is 0.100. The molecule has 1 amide bonds. The van der Waals surface area contributed by atoms with Crippen molar-refractivity contribution in [3.63, 3.8) is 0 Å². The molecule has 0 spiro atoms. The number of allylic oxidation sites excluding steroid dienone is 1. The molecule has 3 aromatic carbocycles. The van der Waals surface area contributed by atoms with Crippen LogP contribution >= 0.6 is 11.3 Å². The summed E-state index contributed by atoms with van der Waals surface area (Å²) in [4.78, 5) is 16.8. The normalized spacial score (nSPS) is 12.7. The second-order valence-electron chi connectivity index (χ2n) is 8.28. The van der Waals surface area contributed by atoms with E-state index in [1.807, 2.05) is 30.3 Å². The molecule has 0 aliphatic carbocycles. The summed E-state index contributed by atoms with van der Waals surface area (Å²) in [6.45, 7) is 0. The Bertz CT molecular complexity index is 1630. The molecular formula is C26H25N7O3S2. The Morgan fingerprint density at radius 2 is 1.82 bits per heavy atom. The maximum Gasteiger partial charge on any atom is 0.271 e. The number of hydrogen-bond acceptors (Lipinski definition) is 8. The lowest BCUT2D eigenvalue weighted by molar-refractivity contribution is -0.112. The first-order valence-corrected chi connectivity index (χ1v) is 13.6. The van der Waals surface area contributed by atoms with E-state index in [2.05, 4.69) is 15.0 Å². The molecule has 0 fully saturated rings. The van der Waals surface area contributed by atoms with Crippen LogP contribution in [-0.2, 0) is 21.2 Å². The number of nitrogens with one attached hydrogen (secondary N) is 4. The molecule has 1 unspecified atom stereocenters. The van der Waals surface area contributed by atoms with Gasteiger partial charge in [-0.1, -0.05) is 36.4 Å². The Hall–Kier alpha value is -4.39. The van der Waals surface area contributed by atoms with Crippen LogP contribution in [0.5, 0.6) is 0 Å². The zero-order chi connectivity index (χ0) is 27.3. The molecule has 4 rings (SSSR count). The molecule has 1 aromatic heterocycles. The van der Waals surface area contributed by atoms with E-state index in [4.69, 9.17) is 22.3 Å². The van der Waals surface area contributed by atoms with Crippen LogP contribution in [0.3, 0.4) is 0 Å². The molecule has 10 nitrogen and oxygen atoms in total. The number of fused-ring (bicyclic) bond motifs is 1.